The first-order chi connectivity index (χ1) is 11.4. The van der Waals surface area contributed by atoms with E-state index < -0.39 is 11.8 Å². The molecule has 7 nitrogen and oxygen atoms in total. The smallest absolute Gasteiger partial charge is 0.309 e. The summed E-state index contributed by atoms with van der Waals surface area (Å²) < 4.78 is 4.83. The Morgan fingerprint density at radius 1 is 1.04 bits per heavy atom. The molecule has 0 aromatic heterocycles. The second-order valence-corrected chi connectivity index (χ2v) is 5.92. The fourth-order valence-electron chi connectivity index (χ4n) is 2.21. The van der Waals surface area contributed by atoms with Crippen LogP contribution in [0.15, 0.2) is 24.3 Å². The molecule has 0 heterocycles. The topological polar surface area (TPSA) is 73.9 Å². The van der Waals surface area contributed by atoms with E-state index in [1.807, 2.05) is 62.3 Å². The number of ether oxygens (including phenoxy) is 1. The molecule has 2 amide bonds. The number of nitrogens with zero attached hydrogens (tertiary/aromatic N) is 2. The molecule has 1 aromatic rings. The van der Waals surface area contributed by atoms with Crippen molar-refractivity contribution in [2.24, 2.45) is 0 Å². The lowest BCUT2D eigenvalue weighted by Crippen LogP contribution is -2.43. The van der Waals surface area contributed by atoms with Gasteiger partial charge >= 0.3 is 11.8 Å². The number of benzene rings is 1. The minimum atomic E-state index is -0.646. The van der Waals surface area contributed by atoms with Crippen molar-refractivity contribution in [1.29, 1.82) is 0 Å². The van der Waals surface area contributed by atoms with Crippen LogP contribution in [0.5, 0.6) is 0 Å². The number of amides is 2. The van der Waals surface area contributed by atoms with Gasteiger partial charge in [-0.05, 0) is 31.8 Å². The van der Waals surface area contributed by atoms with Crippen LogP contribution in [0.2, 0.25) is 0 Å². The zero-order valence-electron chi connectivity index (χ0n) is 15.1. The first-order valence-corrected chi connectivity index (χ1v) is 7.85. The van der Waals surface area contributed by atoms with Gasteiger partial charge in [-0.1, -0.05) is 12.1 Å². The Morgan fingerprint density at radius 3 is 2.12 bits per heavy atom. The number of hydrogen-bond donors (Lipinski definition) is 2. The van der Waals surface area contributed by atoms with Gasteiger partial charge in [0.1, 0.15) is 0 Å². The summed E-state index contributed by atoms with van der Waals surface area (Å²) in [5.74, 6) is -1.28. The van der Waals surface area contributed by atoms with Gasteiger partial charge in [0.25, 0.3) is 0 Å². The number of carbonyl (C=O) groups excluding carboxylic acids is 2. The Morgan fingerprint density at radius 2 is 1.62 bits per heavy atom. The zero-order valence-corrected chi connectivity index (χ0v) is 15.1. The predicted molar refractivity (Wildman–Crippen MR) is 95.1 cm³/mol. The van der Waals surface area contributed by atoms with Crippen LogP contribution in [0.3, 0.4) is 0 Å². The molecule has 2 N–H and O–H groups in total. The number of likely N-dealkylation sites (N-methyl/N-ethyl adjacent to an activating group) is 1. The highest BCUT2D eigenvalue weighted by molar-refractivity contribution is 6.35. The minimum Gasteiger partial charge on any atom is -0.383 e. The molecule has 0 saturated heterocycles. The zero-order chi connectivity index (χ0) is 18.1. The van der Waals surface area contributed by atoms with Crippen LogP contribution >= 0.6 is 0 Å². The molecular formula is C17H28N4O3. The summed E-state index contributed by atoms with van der Waals surface area (Å²) >= 11 is 0. The number of methoxy groups -OCH3 is 1. The molecule has 7 heteroatoms. The molecule has 0 bridgehead atoms. The first-order valence-electron chi connectivity index (χ1n) is 7.85. The predicted octanol–water partition coefficient (Wildman–Crippen LogP) is 0.234. The third kappa shape index (κ3) is 6.17. The van der Waals surface area contributed by atoms with Gasteiger partial charge in [0.05, 0.1) is 12.6 Å². The number of carbonyl (C=O) groups is 2. The molecule has 0 saturated carbocycles. The van der Waals surface area contributed by atoms with E-state index >= 15 is 0 Å². The monoisotopic (exact) mass is 336 g/mol. The largest absolute Gasteiger partial charge is 0.383 e. The fourth-order valence-corrected chi connectivity index (χ4v) is 2.21. The highest BCUT2D eigenvalue weighted by Gasteiger charge is 2.18. The van der Waals surface area contributed by atoms with Crippen molar-refractivity contribution in [2.75, 3.05) is 59.9 Å². The molecule has 1 aromatic carbocycles. The van der Waals surface area contributed by atoms with E-state index in [0.717, 1.165) is 11.3 Å². The summed E-state index contributed by atoms with van der Waals surface area (Å²) in [6, 6.07) is 8.11. The van der Waals surface area contributed by atoms with Crippen molar-refractivity contribution in [2.45, 2.75) is 6.04 Å². The van der Waals surface area contributed by atoms with Crippen molar-refractivity contribution in [3.05, 3.63) is 29.8 Å². The standard InChI is InChI=1S/C17H28N4O3/c1-20(2)14-8-6-13(7-9-14)15(21(3)4)12-19-17(23)16(22)18-10-11-24-5/h6-9,15H,10-12H2,1-5H3,(H,18,22)(H,19,23)/t15-/m1/s1. The third-order valence-electron chi connectivity index (χ3n) is 3.67. The molecule has 0 unspecified atom stereocenters. The van der Waals surface area contributed by atoms with Crippen molar-refractivity contribution < 1.29 is 14.3 Å². The van der Waals surface area contributed by atoms with Crippen LogP contribution in [0.4, 0.5) is 5.69 Å². The number of hydrogen-bond acceptors (Lipinski definition) is 5. The second-order valence-electron chi connectivity index (χ2n) is 5.92. The van der Waals surface area contributed by atoms with Gasteiger partial charge in [-0.3, -0.25) is 9.59 Å². The van der Waals surface area contributed by atoms with Crippen molar-refractivity contribution in [1.82, 2.24) is 15.5 Å². The second kappa shape index (κ2) is 9.89. The number of anilines is 1. The van der Waals surface area contributed by atoms with Gasteiger partial charge in [0.2, 0.25) is 0 Å². The molecule has 0 aliphatic carbocycles. The van der Waals surface area contributed by atoms with E-state index in [-0.39, 0.29) is 6.04 Å². The summed E-state index contributed by atoms with van der Waals surface area (Å²) in [7, 11) is 9.39. The maximum absolute atomic E-state index is 11.8. The van der Waals surface area contributed by atoms with Gasteiger partial charge in [-0.15, -0.1) is 0 Å². The average Bonchev–Trinajstić information content (AvgIpc) is 2.55. The summed E-state index contributed by atoms with van der Waals surface area (Å²) in [6.45, 7) is 1.04. The van der Waals surface area contributed by atoms with Crippen LogP contribution in [-0.4, -0.2) is 71.7 Å². The lowest BCUT2D eigenvalue weighted by Gasteiger charge is -2.25. The van der Waals surface area contributed by atoms with E-state index in [1.54, 1.807) is 0 Å². The number of rotatable bonds is 8. The third-order valence-corrected chi connectivity index (χ3v) is 3.67. The molecule has 0 radical (unpaired) electrons. The van der Waals surface area contributed by atoms with E-state index in [2.05, 4.69) is 10.6 Å². The van der Waals surface area contributed by atoms with E-state index in [1.165, 1.54) is 7.11 Å². The summed E-state index contributed by atoms with van der Waals surface area (Å²) in [5.41, 5.74) is 2.18. The van der Waals surface area contributed by atoms with Gasteiger partial charge in [-0.2, -0.15) is 0 Å². The molecule has 0 aliphatic rings. The van der Waals surface area contributed by atoms with Crippen molar-refractivity contribution in [3.63, 3.8) is 0 Å². The van der Waals surface area contributed by atoms with Gasteiger partial charge in [0.15, 0.2) is 0 Å². The molecule has 0 fully saturated rings. The average molecular weight is 336 g/mol. The molecule has 0 spiro atoms. The van der Waals surface area contributed by atoms with Crippen molar-refractivity contribution in [3.8, 4) is 0 Å². The maximum atomic E-state index is 11.8. The van der Waals surface area contributed by atoms with E-state index in [0.29, 0.717) is 19.7 Å². The van der Waals surface area contributed by atoms with Crippen LogP contribution in [0.1, 0.15) is 11.6 Å². The lowest BCUT2D eigenvalue weighted by atomic mass is 10.1. The summed E-state index contributed by atoms with van der Waals surface area (Å²) in [6.07, 6.45) is 0. The molecule has 1 rings (SSSR count). The fraction of sp³-hybridized carbons (Fsp3) is 0.529. The highest BCUT2D eigenvalue weighted by Crippen LogP contribution is 2.20. The molecule has 134 valence electrons. The minimum absolute atomic E-state index is 0.0167. The Bertz CT molecular complexity index is 529. The van der Waals surface area contributed by atoms with Crippen LogP contribution in [0.25, 0.3) is 0 Å². The van der Waals surface area contributed by atoms with E-state index in [9.17, 15) is 9.59 Å². The molecule has 0 aliphatic heterocycles. The van der Waals surface area contributed by atoms with Crippen LogP contribution in [-0.2, 0) is 14.3 Å². The van der Waals surface area contributed by atoms with Gasteiger partial charge in [-0.25, -0.2) is 0 Å². The van der Waals surface area contributed by atoms with Gasteiger partial charge < -0.3 is 25.2 Å². The Balaban J connectivity index is 2.63. The number of nitrogens with one attached hydrogen (secondary N) is 2. The Kier molecular flexibility index (Phi) is 8.21. The lowest BCUT2D eigenvalue weighted by molar-refractivity contribution is -0.139. The molecule has 1 atom stereocenters. The first kappa shape index (κ1) is 19.9. The molecule has 24 heavy (non-hydrogen) atoms. The Hall–Kier alpha value is -2.12. The van der Waals surface area contributed by atoms with E-state index in [4.69, 9.17) is 4.74 Å². The van der Waals surface area contributed by atoms with Crippen molar-refractivity contribution >= 4 is 17.5 Å². The quantitative estimate of drug-likeness (QED) is 0.525. The Labute approximate surface area is 144 Å². The maximum Gasteiger partial charge on any atom is 0.309 e. The highest BCUT2D eigenvalue weighted by atomic mass is 16.5. The molecular weight excluding hydrogens is 308 g/mol. The SMILES string of the molecule is COCCNC(=O)C(=O)NC[C@H](c1ccc(N(C)C)cc1)N(C)C. The summed E-state index contributed by atoms with van der Waals surface area (Å²) in [5, 5.41) is 5.18. The van der Waals surface area contributed by atoms with Crippen LogP contribution < -0.4 is 15.5 Å². The normalized spacial score (nSPS) is 11.9. The summed E-state index contributed by atoms with van der Waals surface area (Å²) in [4.78, 5) is 27.5. The van der Waals surface area contributed by atoms with Gasteiger partial charge in [0, 0.05) is 40.0 Å². The van der Waals surface area contributed by atoms with Crippen LogP contribution in [0, 0.1) is 0 Å².